The van der Waals surface area contributed by atoms with Crippen LogP contribution in [0.15, 0.2) is 23.7 Å². The highest BCUT2D eigenvalue weighted by Gasteiger charge is 2.52. The highest BCUT2D eigenvalue weighted by Crippen LogP contribution is 2.38. The van der Waals surface area contributed by atoms with E-state index in [9.17, 15) is 4.79 Å². The van der Waals surface area contributed by atoms with Gasteiger partial charge in [0.1, 0.15) is 11.4 Å². The minimum Gasteiger partial charge on any atom is -0.444 e. The second-order valence-corrected chi connectivity index (χ2v) is 9.76. The van der Waals surface area contributed by atoms with Gasteiger partial charge in [0.2, 0.25) is 0 Å². The first-order valence-corrected chi connectivity index (χ1v) is 10.3. The van der Waals surface area contributed by atoms with Crippen molar-refractivity contribution in [3.63, 3.8) is 0 Å². The molecular formula is C22H32BN3O4. The molecule has 8 heteroatoms. The smallest absolute Gasteiger partial charge is 0.444 e. The van der Waals surface area contributed by atoms with Crippen molar-refractivity contribution in [3.05, 3.63) is 35.1 Å². The minimum absolute atomic E-state index is 0.242. The third-order valence-electron chi connectivity index (χ3n) is 5.37. The Hall–Kier alpha value is -2.32. The normalized spacial score (nSPS) is 18.7. The number of benzene rings is 1. The number of alkyl carbamates (subject to hydrolysis) is 1. The Morgan fingerprint density at radius 2 is 1.87 bits per heavy atom. The summed E-state index contributed by atoms with van der Waals surface area (Å²) in [5, 5.41) is 2.82. The first-order valence-electron chi connectivity index (χ1n) is 10.3. The molecule has 162 valence electrons. The summed E-state index contributed by atoms with van der Waals surface area (Å²) in [5.74, 6) is 0.865. The van der Waals surface area contributed by atoms with Gasteiger partial charge >= 0.3 is 13.2 Å². The summed E-state index contributed by atoms with van der Waals surface area (Å²) < 4.78 is 17.8. The van der Waals surface area contributed by atoms with Crippen molar-refractivity contribution in [1.29, 1.82) is 0 Å². The van der Waals surface area contributed by atoms with Crippen LogP contribution in [0.3, 0.4) is 0 Å². The fraction of sp³-hybridized carbons (Fsp3) is 0.545. The van der Waals surface area contributed by atoms with Crippen LogP contribution in [0.2, 0.25) is 0 Å². The molecule has 0 bridgehead atoms. The summed E-state index contributed by atoms with van der Waals surface area (Å²) in [6, 6.07) is 5.98. The predicted molar refractivity (Wildman–Crippen MR) is 119 cm³/mol. The van der Waals surface area contributed by atoms with Crippen LogP contribution in [0.4, 0.5) is 4.79 Å². The highest BCUT2D eigenvalue weighted by atomic mass is 16.7. The number of hydrogen-bond acceptors (Lipinski definition) is 5. The van der Waals surface area contributed by atoms with Crippen LogP contribution < -0.4 is 5.32 Å². The molecule has 1 saturated heterocycles. The van der Waals surface area contributed by atoms with Gasteiger partial charge in [0, 0.05) is 6.54 Å². The standard InChI is InChI=1S/C22H32BN3O4/c1-14-25-17-10-9-15(12-18(17)26-14)11-16(13-24-19(27)28-20(2,3)4)23-29-21(5,6)22(7,8)30-23/h9-12H,13H2,1-8H3,(H,24,27)(H,25,26). The summed E-state index contributed by atoms with van der Waals surface area (Å²) in [4.78, 5) is 19.9. The Labute approximate surface area is 178 Å². The van der Waals surface area contributed by atoms with Crippen molar-refractivity contribution in [2.45, 2.75) is 72.2 Å². The zero-order valence-corrected chi connectivity index (χ0v) is 19.2. The molecule has 0 radical (unpaired) electrons. The number of carbonyl (C=O) groups excluding carboxylic acids is 1. The maximum Gasteiger partial charge on any atom is 0.492 e. The van der Waals surface area contributed by atoms with E-state index in [1.54, 1.807) is 0 Å². The maximum atomic E-state index is 12.2. The Bertz CT molecular complexity index is 956. The van der Waals surface area contributed by atoms with Crippen LogP contribution in [-0.2, 0) is 14.0 Å². The van der Waals surface area contributed by atoms with E-state index < -0.39 is 30.0 Å². The second-order valence-electron chi connectivity index (χ2n) is 9.76. The molecule has 0 atom stereocenters. The predicted octanol–water partition coefficient (Wildman–Crippen LogP) is 4.41. The average molecular weight is 413 g/mol. The molecule has 3 rings (SSSR count). The van der Waals surface area contributed by atoms with Crippen molar-refractivity contribution in [3.8, 4) is 0 Å². The highest BCUT2D eigenvalue weighted by molar-refractivity contribution is 6.56. The first-order chi connectivity index (χ1) is 13.8. The Morgan fingerprint density at radius 1 is 1.23 bits per heavy atom. The summed E-state index contributed by atoms with van der Waals surface area (Å²) in [5.41, 5.74) is 2.10. The van der Waals surface area contributed by atoms with Crippen molar-refractivity contribution in [2.75, 3.05) is 6.54 Å². The largest absolute Gasteiger partial charge is 0.492 e. The lowest BCUT2D eigenvalue weighted by Gasteiger charge is -2.32. The molecule has 0 unspecified atom stereocenters. The van der Waals surface area contributed by atoms with E-state index in [1.807, 2.05) is 79.7 Å². The van der Waals surface area contributed by atoms with E-state index in [2.05, 4.69) is 15.3 Å². The van der Waals surface area contributed by atoms with Crippen LogP contribution >= 0.6 is 0 Å². The van der Waals surface area contributed by atoms with Gasteiger partial charge in [0.15, 0.2) is 0 Å². The van der Waals surface area contributed by atoms with Gasteiger partial charge in [-0.3, -0.25) is 0 Å². The van der Waals surface area contributed by atoms with E-state index >= 15 is 0 Å². The molecule has 1 fully saturated rings. The number of nitrogens with one attached hydrogen (secondary N) is 2. The number of aryl methyl sites for hydroxylation is 1. The average Bonchev–Trinajstić information content (AvgIpc) is 3.04. The molecule has 1 amide bonds. The van der Waals surface area contributed by atoms with Crippen LogP contribution in [0, 0.1) is 6.92 Å². The number of ether oxygens (including phenoxy) is 1. The van der Waals surface area contributed by atoms with E-state index in [0.717, 1.165) is 27.9 Å². The number of imidazole rings is 1. The van der Waals surface area contributed by atoms with Crippen molar-refractivity contribution >= 4 is 30.3 Å². The topological polar surface area (TPSA) is 85.5 Å². The summed E-state index contributed by atoms with van der Waals surface area (Å²) in [7, 11) is -0.580. The summed E-state index contributed by atoms with van der Waals surface area (Å²) >= 11 is 0. The van der Waals surface area contributed by atoms with Crippen molar-refractivity contribution in [2.24, 2.45) is 0 Å². The third-order valence-corrected chi connectivity index (χ3v) is 5.37. The van der Waals surface area contributed by atoms with Gasteiger partial charge in [-0.25, -0.2) is 9.78 Å². The van der Waals surface area contributed by atoms with E-state index in [-0.39, 0.29) is 6.54 Å². The third kappa shape index (κ3) is 5.05. The number of rotatable bonds is 4. The Kier molecular flexibility index (Phi) is 5.77. The molecule has 2 N–H and O–H groups in total. The summed E-state index contributed by atoms with van der Waals surface area (Å²) in [6.45, 7) is 15.7. The zero-order chi connectivity index (χ0) is 22.3. The number of carbonyl (C=O) groups is 1. The number of nitrogens with zero attached hydrogens (tertiary/aromatic N) is 1. The lowest BCUT2D eigenvalue weighted by atomic mass is 9.77. The van der Waals surface area contributed by atoms with E-state index in [1.165, 1.54) is 0 Å². The molecule has 2 aromatic rings. The van der Waals surface area contributed by atoms with E-state index in [4.69, 9.17) is 14.0 Å². The SMILES string of the molecule is Cc1nc2ccc(C=C(CNC(=O)OC(C)(C)C)B3OC(C)(C)C(C)(C)O3)cc2[nH]1. The molecule has 1 aliphatic rings. The van der Waals surface area contributed by atoms with Crippen LogP contribution in [0.25, 0.3) is 17.1 Å². The number of amides is 1. The van der Waals surface area contributed by atoms with Crippen molar-refractivity contribution in [1.82, 2.24) is 15.3 Å². The quantitative estimate of drug-likeness (QED) is 0.726. The molecule has 1 aliphatic heterocycles. The molecular weight excluding hydrogens is 381 g/mol. The molecule has 0 saturated carbocycles. The Morgan fingerprint density at radius 3 is 2.47 bits per heavy atom. The van der Waals surface area contributed by atoms with Gasteiger partial charge in [0.25, 0.3) is 0 Å². The van der Waals surface area contributed by atoms with Gasteiger partial charge in [-0.1, -0.05) is 12.1 Å². The van der Waals surface area contributed by atoms with Crippen LogP contribution in [0.1, 0.15) is 59.9 Å². The molecule has 30 heavy (non-hydrogen) atoms. The summed E-state index contributed by atoms with van der Waals surface area (Å²) in [6.07, 6.45) is 1.50. The first kappa shape index (κ1) is 22.4. The number of aromatic nitrogens is 2. The monoisotopic (exact) mass is 413 g/mol. The number of hydrogen-bond donors (Lipinski definition) is 2. The minimum atomic E-state index is -0.580. The molecule has 0 spiro atoms. The van der Waals surface area contributed by atoms with E-state index in [0.29, 0.717) is 0 Å². The fourth-order valence-corrected chi connectivity index (χ4v) is 3.14. The molecule has 1 aromatic carbocycles. The number of fused-ring (bicyclic) bond motifs is 1. The van der Waals surface area contributed by atoms with Gasteiger partial charge in [0.05, 0.1) is 22.2 Å². The van der Waals surface area contributed by atoms with Crippen LogP contribution in [0.5, 0.6) is 0 Å². The lowest BCUT2D eigenvalue weighted by Crippen LogP contribution is -2.41. The van der Waals surface area contributed by atoms with Gasteiger partial charge in [-0.15, -0.1) is 0 Å². The van der Waals surface area contributed by atoms with Gasteiger partial charge < -0.3 is 24.3 Å². The van der Waals surface area contributed by atoms with Gasteiger partial charge in [-0.05, 0) is 78.6 Å². The molecule has 1 aromatic heterocycles. The zero-order valence-electron chi connectivity index (χ0n) is 19.2. The number of aromatic amines is 1. The molecule has 2 heterocycles. The van der Waals surface area contributed by atoms with Crippen LogP contribution in [-0.4, -0.2) is 46.5 Å². The Balaban J connectivity index is 1.88. The molecule has 7 nitrogen and oxygen atoms in total. The fourth-order valence-electron chi connectivity index (χ4n) is 3.14. The second kappa shape index (κ2) is 7.74. The lowest BCUT2D eigenvalue weighted by molar-refractivity contribution is 0.00578. The van der Waals surface area contributed by atoms with Crippen molar-refractivity contribution < 1.29 is 18.8 Å². The maximum absolute atomic E-state index is 12.2. The van der Waals surface area contributed by atoms with Gasteiger partial charge in [-0.2, -0.15) is 0 Å². The molecule has 0 aliphatic carbocycles. The number of H-pyrrole nitrogens is 1.